The van der Waals surface area contributed by atoms with Crippen LogP contribution in [-0.2, 0) is 0 Å². The molecule has 0 fully saturated rings. The molecule has 0 amide bonds. The van der Waals surface area contributed by atoms with E-state index in [-0.39, 0.29) is 5.41 Å². The van der Waals surface area contributed by atoms with Crippen molar-refractivity contribution in [1.82, 2.24) is 0 Å². The van der Waals surface area contributed by atoms with Crippen LogP contribution in [-0.4, -0.2) is 11.1 Å². The number of aromatic carboxylic acids is 1. The molecule has 210 valence electrons. The second-order valence-electron chi connectivity index (χ2n) is 11.3. The SMILES string of the molecule is CC1=C(/C=C/C(C)=C/C=C/C(C)=C/C=C/C=C(C)/C=C/C=C(C)/C=C/c2ccc(C(=O)O)cc2)C(C)(C)CCC1. The molecule has 0 aromatic heterocycles. The van der Waals surface area contributed by atoms with E-state index in [1.165, 1.54) is 41.6 Å². The molecule has 2 rings (SSSR count). The van der Waals surface area contributed by atoms with Gasteiger partial charge in [-0.15, -0.1) is 0 Å². The zero-order valence-electron chi connectivity index (χ0n) is 25.4. The van der Waals surface area contributed by atoms with Crippen molar-refractivity contribution >= 4 is 12.0 Å². The normalized spacial score (nSPS) is 18.0. The van der Waals surface area contributed by atoms with E-state index in [2.05, 4.69) is 108 Å². The third-order valence-corrected chi connectivity index (χ3v) is 7.02. The summed E-state index contributed by atoms with van der Waals surface area (Å²) in [5.74, 6) is -0.910. The molecule has 0 unspecified atom stereocenters. The molecule has 1 aromatic rings. The summed E-state index contributed by atoms with van der Waals surface area (Å²) >= 11 is 0. The zero-order valence-corrected chi connectivity index (χ0v) is 25.4. The van der Waals surface area contributed by atoms with Crippen LogP contribution < -0.4 is 0 Å². The lowest BCUT2D eigenvalue weighted by Crippen LogP contribution is -2.19. The van der Waals surface area contributed by atoms with Gasteiger partial charge in [-0.1, -0.05) is 139 Å². The van der Waals surface area contributed by atoms with E-state index in [1.54, 1.807) is 12.1 Å². The number of allylic oxidation sites excluding steroid dienone is 19. The lowest BCUT2D eigenvalue weighted by molar-refractivity contribution is 0.0697. The maximum Gasteiger partial charge on any atom is 0.335 e. The smallest absolute Gasteiger partial charge is 0.335 e. The predicted molar refractivity (Wildman–Crippen MR) is 174 cm³/mol. The van der Waals surface area contributed by atoms with Crippen LogP contribution in [0.3, 0.4) is 0 Å². The number of hydrogen-bond donors (Lipinski definition) is 1. The van der Waals surface area contributed by atoms with Crippen LogP contribution in [0.2, 0.25) is 0 Å². The van der Waals surface area contributed by atoms with E-state index < -0.39 is 5.97 Å². The first-order valence-corrected chi connectivity index (χ1v) is 14.1. The van der Waals surface area contributed by atoms with Gasteiger partial charge in [0.15, 0.2) is 0 Å². The fourth-order valence-corrected chi connectivity index (χ4v) is 4.53. The number of hydrogen-bond acceptors (Lipinski definition) is 1. The van der Waals surface area contributed by atoms with E-state index in [1.807, 2.05) is 37.3 Å². The Balaban J connectivity index is 1.86. The highest BCUT2D eigenvalue weighted by Crippen LogP contribution is 2.40. The highest BCUT2D eigenvalue weighted by atomic mass is 16.4. The summed E-state index contributed by atoms with van der Waals surface area (Å²) in [4.78, 5) is 10.9. The molecule has 0 spiro atoms. The summed E-state index contributed by atoms with van der Waals surface area (Å²) in [6.07, 6.45) is 33.2. The number of benzene rings is 1. The van der Waals surface area contributed by atoms with Crippen LogP contribution in [0.15, 0.2) is 137 Å². The average molecular weight is 535 g/mol. The highest BCUT2D eigenvalue weighted by Gasteiger charge is 2.26. The fraction of sp³-hybridized carbons (Fsp3) is 0.289. The van der Waals surface area contributed by atoms with Crippen LogP contribution in [0.25, 0.3) is 6.08 Å². The Kier molecular flexibility index (Phi) is 13.1. The van der Waals surface area contributed by atoms with Gasteiger partial charge in [-0.3, -0.25) is 0 Å². The fourth-order valence-electron chi connectivity index (χ4n) is 4.53. The van der Waals surface area contributed by atoms with Gasteiger partial charge >= 0.3 is 5.97 Å². The Hall–Kier alpha value is -3.91. The molecular weight excluding hydrogens is 488 g/mol. The lowest BCUT2D eigenvalue weighted by atomic mass is 9.72. The molecule has 0 bridgehead atoms. The summed E-state index contributed by atoms with van der Waals surface area (Å²) in [5, 5.41) is 8.99. The third kappa shape index (κ3) is 11.9. The van der Waals surface area contributed by atoms with Crippen molar-refractivity contribution in [3.05, 3.63) is 148 Å². The summed E-state index contributed by atoms with van der Waals surface area (Å²) in [5.41, 5.74) is 9.28. The first-order valence-electron chi connectivity index (χ1n) is 14.1. The predicted octanol–water partition coefficient (Wildman–Crippen LogP) is 10.9. The first kappa shape index (κ1) is 32.3. The van der Waals surface area contributed by atoms with E-state index in [0.717, 1.165) is 16.7 Å². The molecule has 1 aromatic carbocycles. The van der Waals surface area contributed by atoms with Gasteiger partial charge in [-0.2, -0.15) is 0 Å². The summed E-state index contributed by atoms with van der Waals surface area (Å²) in [6, 6.07) is 6.84. The minimum atomic E-state index is -0.910. The lowest BCUT2D eigenvalue weighted by Gasteiger charge is -2.32. The second kappa shape index (κ2) is 16.3. The Morgan fingerprint density at radius 2 is 1.20 bits per heavy atom. The average Bonchev–Trinajstić information content (AvgIpc) is 2.89. The van der Waals surface area contributed by atoms with Crippen molar-refractivity contribution in [2.75, 3.05) is 0 Å². The standard InChI is InChI=1S/C38H46O2/c1-29(15-10-17-31(3)20-22-34-23-25-35(26-24-34)37(39)40)13-8-9-14-30(2)16-11-18-32(4)21-27-36-33(5)19-12-28-38(36,6)7/h8-11,13-18,20-27H,12,19,28H2,1-7H3,(H,39,40)/b9-8+,15-10+,16-11+,22-20+,27-21+,29-13+,30-14+,31-17+,32-18+. The number of carboxylic acid groups (broad SMARTS) is 1. The molecule has 0 saturated heterocycles. The largest absolute Gasteiger partial charge is 0.478 e. The van der Waals surface area contributed by atoms with Crippen LogP contribution >= 0.6 is 0 Å². The van der Waals surface area contributed by atoms with Gasteiger partial charge < -0.3 is 5.11 Å². The van der Waals surface area contributed by atoms with Crippen molar-refractivity contribution in [2.45, 2.75) is 67.7 Å². The summed E-state index contributed by atoms with van der Waals surface area (Å²) in [6.45, 7) is 15.4. The van der Waals surface area contributed by atoms with Crippen LogP contribution in [0, 0.1) is 5.41 Å². The quantitative estimate of drug-likeness (QED) is 0.287. The molecule has 2 nitrogen and oxygen atoms in total. The van der Waals surface area contributed by atoms with Gasteiger partial charge in [0.1, 0.15) is 0 Å². The molecule has 0 aliphatic heterocycles. The molecule has 2 heteroatoms. The molecule has 1 N–H and O–H groups in total. The Labute approximate surface area is 242 Å². The number of carbonyl (C=O) groups is 1. The van der Waals surface area contributed by atoms with Gasteiger partial charge in [0.25, 0.3) is 0 Å². The van der Waals surface area contributed by atoms with Gasteiger partial charge in [-0.25, -0.2) is 4.79 Å². The first-order chi connectivity index (χ1) is 19.0. The van der Waals surface area contributed by atoms with Crippen molar-refractivity contribution in [2.24, 2.45) is 5.41 Å². The summed E-state index contributed by atoms with van der Waals surface area (Å²) < 4.78 is 0. The van der Waals surface area contributed by atoms with Crippen LogP contribution in [0.4, 0.5) is 0 Å². The van der Waals surface area contributed by atoms with Crippen LogP contribution in [0.5, 0.6) is 0 Å². The third-order valence-electron chi connectivity index (χ3n) is 7.02. The minimum absolute atomic E-state index is 0.275. The molecule has 0 atom stereocenters. The monoisotopic (exact) mass is 534 g/mol. The van der Waals surface area contributed by atoms with E-state index >= 15 is 0 Å². The zero-order chi connectivity index (χ0) is 29.5. The molecule has 40 heavy (non-hydrogen) atoms. The van der Waals surface area contributed by atoms with Gasteiger partial charge in [0.2, 0.25) is 0 Å². The minimum Gasteiger partial charge on any atom is -0.478 e. The highest BCUT2D eigenvalue weighted by molar-refractivity contribution is 5.87. The van der Waals surface area contributed by atoms with Gasteiger partial charge in [0.05, 0.1) is 5.56 Å². The molecule has 0 heterocycles. The Morgan fingerprint density at radius 1 is 0.725 bits per heavy atom. The van der Waals surface area contributed by atoms with Crippen molar-refractivity contribution < 1.29 is 9.90 Å². The molecule has 1 aliphatic rings. The van der Waals surface area contributed by atoms with Crippen molar-refractivity contribution in [3.63, 3.8) is 0 Å². The van der Waals surface area contributed by atoms with Gasteiger partial charge in [-0.05, 0) is 82.6 Å². The number of rotatable bonds is 11. The molecule has 0 saturated carbocycles. The van der Waals surface area contributed by atoms with Crippen molar-refractivity contribution in [3.8, 4) is 0 Å². The maximum atomic E-state index is 10.9. The Bertz CT molecular complexity index is 1320. The Morgan fingerprint density at radius 3 is 1.70 bits per heavy atom. The molecule has 1 aliphatic carbocycles. The maximum absolute atomic E-state index is 10.9. The van der Waals surface area contributed by atoms with Crippen molar-refractivity contribution in [1.29, 1.82) is 0 Å². The van der Waals surface area contributed by atoms with Gasteiger partial charge in [0, 0.05) is 0 Å². The summed E-state index contributed by atoms with van der Waals surface area (Å²) in [7, 11) is 0. The van der Waals surface area contributed by atoms with E-state index in [4.69, 9.17) is 5.11 Å². The van der Waals surface area contributed by atoms with E-state index in [0.29, 0.717) is 5.56 Å². The topological polar surface area (TPSA) is 37.3 Å². The van der Waals surface area contributed by atoms with E-state index in [9.17, 15) is 4.79 Å². The molecule has 0 radical (unpaired) electrons. The number of carboxylic acids is 1. The van der Waals surface area contributed by atoms with Crippen LogP contribution in [0.1, 0.15) is 83.7 Å². The molecular formula is C38H46O2. The second-order valence-corrected chi connectivity index (χ2v) is 11.3.